The summed E-state index contributed by atoms with van der Waals surface area (Å²) < 4.78 is 5.82. The van der Waals surface area contributed by atoms with E-state index in [2.05, 4.69) is 22.0 Å². The first kappa shape index (κ1) is 23.7. The highest BCUT2D eigenvalue weighted by molar-refractivity contribution is 6.43. The van der Waals surface area contributed by atoms with Crippen LogP contribution >= 0.6 is 34.8 Å². The zero-order valence-electron chi connectivity index (χ0n) is 18.2. The minimum Gasteiger partial charge on any atom is -0.457 e. The Labute approximate surface area is 208 Å². The Morgan fingerprint density at radius 2 is 1.73 bits per heavy atom. The molecule has 8 heteroatoms. The van der Waals surface area contributed by atoms with Crippen molar-refractivity contribution in [3.63, 3.8) is 0 Å². The van der Waals surface area contributed by atoms with Crippen molar-refractivity contribution in [1.82, 2.24) is 4.90 Å². The van der Waals surface area contributed by atoms with E-state index in [0.29, 0.717) is 37.8 Å². The van der Waals surface area contributed by atoms with E-state index < -0.39 is 0 Å². The topological polar surface area (TPSA) is 48.7 Å². The van der Waals surface area contributed by atoms with Gasteiger partial charge >= 0.3 is 0 Å². The van der Waals surface area contributed by atoms with Crippen molar-refractivity contribution in [3.05, 3.63) is 75.4 Å². The van der Waals surface area contributed by atoms with Gasteiger partial charge in [0.1, 0.15) is 11.5 Å². The van der Waals surface area contributed by atoms with Gasteiger partial charge in [-0.05, 0) is 49.0 Å². The van der Waals surface area contributed by atoms with Crippen molar-refractivity contribution in [2.75, 3.05) is 42.9 Å². The molecule has 1 fully saturated rings. The smallest absolute Gasteiger partial charge is 0.248 e. The normalized spacial score (nSPS) is 14.7. The molecule has 0 radical (unpaired) electrons. The predicted octanol–water partition coefficient (Wildman–Crippen LogP) is 6.70. The highest BCUT2D eigenvalue weighted by atomic mass is 35.5. The number of amides is 1. The van der Waals surface area contributed by atoms with Crippen LogP contribution in [0.2, 0.25) is 15.1 Å². The van der Waals surface area contributed by atoms with E-state index in [1.54, 1.807) is 30.3 Å². The fourth-order valence-corrected chi connectivity index (χ4v) is 4.53. The molecule has 1 saturated heterocycles. The standard InChI is InChI=1S/C25H24Cl3N3O2/c1-2-30-13-15-31(16-14-30)25-20(27)7-4-8-21(25)29-23(32)12-10-17-9-11-22(33-17)18-5-3-6-19(26)24(18)28/h3-12H,2,13-16H2,1H3,(H,29,32). The molecule has 0 atom stereocenters. The molecule has 1 aliphatic rings. The Morgan fingerprint density at radius 3 is 2.48 bits per heavy atom. The quantitative estimate of drug-likeness (QED) is 0.379. The van der Waals surface area contributed by atoms with Gasteiger partial charge in [-0.25, -0.2) is 0 Å². The van der Waals surface area contributed by atoms with Gasteiger partial charge in [0.25, 0.3) is 0 Å². The van der Waals surface area contributed by atoms with Crippen LogP contribution in [0.4, 0.5) is 11.4 Å². The number of nitrogens with zero attached hydrogens (tertiary/aromatic N) is 2. The van der Waals surface area contributed by atoms with Crippen molar-refractivity contribution in [1.29, 1.82) is 0 Å². The van der Waals surface area contributed by atoms with Crippen LogP contribution in [-0.2, 0) is 4.79 Å². The van der Waals surface area contributed by atoms with E-state index in [1.165, 1.54) is 6.08 Å². The lowest BCUT2D eigenvalue weighted by molar-refractivity contribution is -0.111. The van der Waals surface area contributed by atoms with Crippen LogP contribution in [0.5, 0.6) is 0 Å². The first-order valence-electron chi connectivity index (χ1n) is 10.8. The Bertz CT molecular complexity index is 1170. The lowest BCUT2D eigenvalue weighted by Crippen LogP contribution is -2.46. The lowest BCUT2D eigenvalue weighted by Gasteiger charge is -2.36. The van der Waals surface area contributed by atoms with Crippen LogP contribution in [-0.4, -0.2) is 43.5 Å². The molecule has 0 saturated carbocycles. The summed E-state index contributed by atoms with van der Waals surface area (Å²) in [4.78, 5) is 17.3. The number of likely N-dealkylation sites (N-methyl/N-ethyl adjacent to an activating group) is 1. The maximum absolute atomic E-state index is 12.7. The van der Waals surface area contributed by atoms with Gasteiger partial charge in [0.15, 0.2) is 0 Å². The lowest BCUT2D eigenvalue weighted by atomic mass is 10.2. The van der Waals surface area contributed by atoms with Gasteiger partial charge in [-0.15, -0.1) is 0 Å². The fourth-order valence-electron chi connectivity index (χ4n) is 3.84. The number of halogens is 3. The molecule has 3 aromatic rings. The van der Waals surface area contributed by atoms with Crippen molar-refractivity contribution in [2.24, 2.45) is 0 Å². The zero-order chi connectivity index (χ0) is 23.4. The third kappa shape index (κ3) is 5.56. The number of benzene rings is 2. The van der Waals surface area contributed by atoms with Crippen LogP contribution in [0, 0.1) is 0 Å². The molecule has 4 rings (SSSR count). The highest BCUT2D eigenvalue weighted by Gasteiger charge is 2.21. The average Bonchev–Trinajstić information content (AvgIpc) is 3.29. The molecule has 1 amide bonds. The first-order valence-corrected chi connectivity index (χ1v) is 11.9. The summed E-state index contributed by atoms with van der Waals surface area (Å²) in [5.41, 5.74) is 2.24. The number of hydrogen-bond donors (Lipinski definition) is 1. The molecule has 1 aromatic heterocycles. The molecule has 0 bridgehead atoms. The predicted molar refractivity (Wildman–Crippen MR) is 138 cm³/mol. The van der Waals surface area contributed by atoms with Crippen LogP contribution in [0.1, 0.15) is 12.7 Å². The Morgan fingerprint density at radius 1 is 1.00 bits per heavy atom. The minimum atomic E-state index is -0.274. The van der Waals surface area contributed by atoms with Crippen molar-refractivity contribution < 1.29 is 9.21 Å². The summed E-state index contributed by atoms with van der Waals surface area (Å²) in [6, 6.07) is 14.5. The molecule has 5 nitrogen and oxygen atoms in total. The van der Waals surface area contributed by atoms with E-state index in [0.717, 1.165) is 38.4 Å². The second-order valence-electron chi connectivity index (χ2n) is 7.68. The van der Waals surface area contributed by atoms with E-state index >= 15 is 0 Å². The third-order valence-electron chi connectivity index (χ3n) is 5.62. The zero-order valence-corrected chi connectivity index (χ0v) is 20.4. The van der Waals surface area contributed by atoms with Gasteiger partial charge in [0.05, 0.1) is 26.4 Å². The van der Waals surface area contributed by atoms with Gasteiger partial charge in [0.2, 0.25) is 5.91 Å². The maximum atomic E-state index is 12.7. The summed E-state index contributed by atoms with van der Waals surface area (Å²) in [6.07, 6.45) is 3.05. The number of nitrogens with one attached hydrogen (secondary N) is 1. The van der Waals surface area contributed by atoms with Crippen molar-refractivity contribution >= 4 is 58.2 Å². The fraction of sp³-hybridized carbons (Fsp3) is 0.240. The molecule has 0 spiro atoms. The molecule has 2 heterocycles. The Kier molecular flexibility index (Phi) is 7.66. The Balaban J connectivity index is 1.46. The molecule has 0 aliphatic carbocycles. The number of carbonyl (C=O) groups excluding carboxylic acids is 1. The first-order chi connectivity index (χ1) is 16.0. The van der Waals surface area contributed by atoms with Gasteiger partial charge < -0.3 is 19.5 Å². The van der Waals surface area contributed by atoms with Crippen molar-refractivity contribution in [2.45, 2.75) is 6.92 Å². The van der Waals surface area contributed by atoms with E-state index in [1.807, 2.05) is 24.3 Å². The summed E-state index contributed by atoms with van der Waals surface area (Å²) in [5, 5.41) is 4.45. The van der Waals surface area contributed by atoms with Gasteiger partial charge in [-0.1, -0.05) is 53.9 Å². The maximum Gasteiger partial charge on any atom is 0.248 e. The summed E-state index contributed by atoms with van der Waals surface area (Å²) in [5.74, 6) is 0.827. The largest absolute Gasteiger partial charge is 0.457 e. The van der Waals surface area contributed by atoms with Gasteiger partial charge in [-0.3, -0.25) is 4.79 Å². The molecule has 1 N–H and O–H groups in total. The summed E-state index contributed by atoms with van der Waals surface area (Å²) in [7, 11) is 0. The van der Waals surface area contributed by atoms with E-state index in [4.69, 9.17) is 39.2 Å². The molecule has 33 heavy (non-hydrogen) atoms. The second kappa shape index (κ2) is 10.7. The monoisotopic (exact) mass is 503 g/mol. The van der Waals surface area contributed by atoms with Crippen LogP contribution < -0.4 is 10.2 Å². The average molecular weight is 505 g/mol. The van der Waals surface area contributed by atoms with E-state index in [-0.39, 0.29) is 5.91 Å². The molecular formula is C25H24Cl3N3O2. The second-order valence-corrected chi connectivity index (χ2v) is 8.88. The molecule has 2 aromatic carbocycles. The number of para-hydroxylation sites is 1. The Hall–Kier alpha value is -2.44. The van der Waals surface area contributed by atoms with Gasteiger partial charge in [0, 0.05) is 37.8 Å². The molecule has 1 aliphatic heterocycles. The van der Waals surface area contributed by atoms with E-state index in [9.17, 15) is 4.79 Å². The number of hydrogen-bond acceptors (Lipinski definition) is 4. The van der Waals surface area contributed by atoms with Gasteiger partial charge in [-0.2, -0.15) is 0 Å². The number of piperazine rings is 1. The molecule has 0 unspecified atom stereocenters. The third-order valence-corrected chi connectivity index (χ3v) is 6.75. The SMILES string of the molecule is CCN1CCN(c2c(Cl)cccc2NC(=O)C=Cc2ccc(-c3cccc(Cl)c3Cl)o2)CC1. The number of rotatable bonds is 6. The van der Waals surface area contributed by atoms with Crippen LogP contribution in [0.15, 0.2) is 59.0 Å². The number of furan rings is 1. The number of anilines is 2. The number of carbonyl (C=O) groups is 1. The van der Waals surface area contributed by atoms with Crippen molar-refractivity contribution in [3.8, 4) is 11.3 Å². The minimum absolute atomic E-state index is 0.274. The summed E-state index contributed by atoms with van der Waals surface area (Å²) >= 11 is 18.9. The molecular weight excluding hydrogens is 481 g/mol. The highest BCUT2D eigenvalue weighted by Crippen LogP contribution is 2.36. The molecule has 172 valence electrons. The van der Waals surface area contributed by atoms with Crippen LogP contribution in [0.3, 0.4) is 0 Å². The van der Waals surface area contributed by atoms with Crippen LogP contribution in [0.25, 0.3) is 17.4 Å². The summed E-state index contributed by atoms with van der Waals surface area (Å²) in [6.45, 7) is 6.84.